The van der Waals surface area contributed by atoms with Crippen LogP contribution in [0.5, 0.6) is 0 Å². The van der Waals surface area contributed by atoms with Crippen molar-refractivity contribution in [3.05, 3.63) is 16.1 Å². The van der Waals surface area contributed by atoms with E-state index < -0.39 is 11.7 Å². The van der Waals surface area contributed by atoms with Gasteiger partial charge < -0.3 is 10.3 Å². The van der Waals surface area contributed by atoms with Gasteiger partial charge in [0.2, 0.25) is 5.71 Å². The summed E-state index contributed by atoms with van der Waals surface area (Å²) in [6.45, 7) is 1.73. The van der Waals surface area contributed by atoms with Gasteiger partial charge in [-0.3, -0.25) is 0 Å². The van der Waals surface area contributed by atoms with Crippen LogP contribution in [-0.4, -0.2) is 27.0 Å². The van der Waals surface area contributed by atoms with Crippen molar-refractivity contribution in [2.45, 2.75) is 6.92 Å². The SMILES string of the molecule is Cc1csc(/C(=N\O)C(=O)O)n1. The molecule has 0 spiro atoms. The van der Waals surface area contributed by atoms with Crippen LogP contribution in [0.1, 0.15) is 10.7 Å². The van der Waals surface area contributed by atoms with Crippen LogP contribution in [0.2, 0.25) is 0 Å². The number of carboxylic acids is 1. The standard InChI is InChI=1S/C6H6N2O3S/c1-3-2-12-5(7-3)4(8-11)6(9)10/h2,11H,1H3,(H,9,10)/b8-4+. The molecule has 1 heterocycles. The summed E-state index contributed by atoms with van der Waals surface area (Å²) in [5.74, 6) is -1.29. The van der Waals surface area contributed by atoms with E-state index in [4.69, 9.17) is 10.3 Å². The fraction of sp³-hybridized carbons (Fsp3) is 0.167. The molecule has 0 aromatic carbocycles. The van der Waals surface area contributed by atoms with Crippen molar-refractivity contribution in [3.63, 3.8) is 0 Å². The monoisotopic (exact) mass is 186 g/mol. The summed E-state index contributed by atoms with van der Waals surface area (Å²) in [5, 5.41) is 21.4. The van der Waals surface area contributed by atoms with Crippen molar-refractivity contribution in [1.82, 2.24) is 4.98 Å². The van der Waals surface area contributed by atoms with Crippen LogP contribution in [0, 0.1) is 6.92 Å². The molecular formula is C6H6N2O3S. The first-order valence-corrected chi connectivity index (χ1v) is 3.91. The Morgan fingerprint density at radius 2 is 2.42 bits per heavy atom. The second-order valence-corrected chi connectivity index (χ2v) is 2.91. The number of aromatic nitrogens is 1. The molecule has 0 radical (unpaired) electrons. The van der Waals surface area contributed by atoms with Crippen molar-refractivity contribution in [3.8, 4) is 0 Å². The van der Waals surface area contributed by atoms with Gasteiger partial charge in [0, 0.05) is 11.1 Å². The zero-order valence-electron chi connectivity index (χ0n) is 6.18. The van der Waals surface area contributed by atoms with Crippen LogP contribution in [-0.2, 0) is 4.79 Å². The number of hydrogen-bond donors (Lipinski definition) is 2. The average molecular weight is 186 g/mol. The van der Waals surface area contributed by atoms with Crippen molar-refractivity contribution in [2.75, 3.05) is 0 Å². The minimum Gasteiger partial charge on any atom is -0.476 e. The number of rotatable bonds is 2. The zero-order valence-corrected chi connectivity index (χ0v) is 7.00. The maximum absolute atomic E-state index is 10.4. The Bertz CT molecular complexity index is 331. The van der Waals surface area contributed by atoms with E-state index in [9.17, 15) is 4.79 Å². The van der Waals surface area contributed by atoms with Gasteiger partial charge in [-0.1, -0.05) is 5.16 Å². The lowest BCUT2D eigenvalue weighted by atomic mass is 10.4. The normalized spacial score (nSPS) is 11.6. The molecule has 64 valence electrons. The van der Waals surface area contributed by atoms with E-state index in [1.54, 1.807) is 12.3 Å². The second-order valence-electron chi connectivity index (χ2n) is 2.05. The Hall–Kier alpha value is -1.43. The number of nitrogens with zero attached hydrogens (tertiary/aromatic N) is 2. The van der Waals surface area contributed by atoms with Gasteiger partial charge in [0.05, 0.1) is 0 Å². The number of aliphatic carboxylic acids is 1. The average Bonchev–Trinajstić information content (AvgIpc) is 2.37. The Kier molecular flexibility index (Phi) is 2.39. The number of carboxylic acid groups (broad SMARTS) is 1. The van der Waals surface area contributed by atoms with Crippen molar-refractivity contribution in [2.24, 2.45) is 5.16 Å². The Morgan fingerprint density at radius 1 is 1.75 bits per heavy atom. The molecule has 0 amide bonds. The quantitative estimate of drug-likeness (QED) is 0.405. The molecule has 0 aliphatic rings. The van der Waals surface area contributed by atoms with Crippen LogP contribution in [0.3, 0.4) is 0 Å². The summed E-state index contributed by atoms with van der Waals surface area (Å²) in [6, 6.07) is 0. The highest BCUT2D eigenvalue weighted by Gasteiger charge is 2.16. The van der Waals surface area contributed by atoms with Crippen molar-refractivity contribution < 1.29 is 15.1 Å². The van der Waals surface area contributed by atoms with Crippen molar-refractivity contribution >= 4 is 23.0 Å². The summed E-state index contributed by atoms with van der Waals surface area (Å²) in [5.41, 5.74) is 0.283. The lowest BCUT2D eigenvalue weighted by Gasteiger charge is -1.90. The predicted octanol–water partition coefficient (Wildman–Crippen LogP) is 0.714. The highest BCUT2D eigenvalue weighted by molar-refractivity contribution is 7.12. The Morgan fingerprint density at radius 3 is 2.75 bits per heavy atom. The van der Waals surface area contributed by atoms with E-state index in [1.807, 2.05) is 0 Å². The van der Waals surface area contributed by atoms with Gasteiger partial charge in [-0.25, -0.2) is 9.78 Å². The molecule has 0 saturated heterocycles. The predicted molar refractivity (Wildman–Crippen MR) is 42.8 cm³/mol. The topological polar surface area (TPSA) is 82.8 Å². The molecule has 1 rings (SSSR count). The largest absolute Gasteiger partial charge is 0.476 e. The van der Waals surface area contributed by atoms with E-state index in [0.29, 0.717) is 5.69 Å². The van der Waals surface area contributed by atoms with Crippen LogP contribution < -0.4 is 0 Å². The molecular weight excluding hydrogens is 180 g/mol. The van der Waals surface area contributed by atoms with Gasteiger partial charge in [-0.2, -0.15) is 0 Å². The lowest BCUT2D eigenvalue weighted by Crippen LogP contribution is -2.14. The molecule has 0 saturated carbocycles. The van der Waals surface area contributed by atoms with Crippen molar-refractivity contribution in [1.29, 1.82) is 0 Å². The smallest absolute Gasteiger partial charge is 0.361 e. The van der Waals surface area contributed by atoms with E-state index in [0.717, 1.165) is 11.3 Å². The summed E-state index contributed by atoms with van der Waals surface area (Å²) in [4.78, 5) is 14.3. The van der Waals surface area contributed by atoms with Gasteiger partial charge in [-0.05, 0) is 6.92 Å². The zero-order chi connectivity index (χ0) is 9.14. The molecule has 0 fully saturated rings. The number of hydrogen-bond acceptors (Lipinski definition) is 5. The molecule has 0 unspecified atom stereocenters. The van der Waals surface area contributed by atoms with E-state index in [-0.39, 0.29) is 5.01 Å². The second kappa shape index (κ2) is 3.31. The third-order valence-corrected chi connectivity index (χ3v) is 2.09. The summed E-state index contributed by atoms with van der Waals surface area (Å²) in [7, 11) is 0. The minimum atomic E-state index is -1.29. The summed E-state index contributed by atoms with van der Waals surface area (Å²) >= 11 is 1.13. The molecule has 0 aliphatic carbocycles. The van der Waals surface area contributed by atoms with Gasteiger partial charge >= 0.3 is 5.97 Å². The number of aryl methyl sites for hydroxylation is 1. The summed E-state index contributed by atoms with van der Waals surface area (Å²) in [6.07, 6.45) is 0. The molecule has 5 nitrogen and oxygen atoms in total. The molecule has 0 bridgehead atoms. The molecule has 6 heteroatoms. The highest BCUT2D eigenvalue weighted by atomic mass is 32.1. The van der Waals surface area contributed by atoms with E-state index >= 15 is 0 Å². The maximum atomic E-state index is 10.4. The molecule has 0 aliphatic heterocycles. The molecule has 0 atom stereocenters. The fourth-order valence-corrected chi connectivity index (χ4v) is 1.41. The lowest BCUT2D eigenvalue weighted by molar-refractivity contribution is -0.129. The third-order valence-electron chi connectivity index (χ3n) is 1.12. The molecule has 12 heavy (non-hydrogen) atoms. The molecule has 2 N–H and O–H groups in total. The molecule has 1 aromatic rings. The van der Waals surface area contributed by atoms with Gasteiger partial charge in [-0.15, -0.1) is 11.3 Å². The Labute approximate surface area is 72.0 Å². The first kappa shape index (κ1) is 8.66. The van der Waals surface area contributed by atoms with Crippen LogP contribution in [0.4, 0.5) is 0 Å². The van der Waals surface area contributed by atoms with Crippen LogP contribution >= 0.6 is 11.3 Å². The number of thiazole rings is 1. The van der Waals surface area contributed by atoms with Crippen LogP contribution in [0.25, 0.3) is 0 Å². The third kappa shape index (κ3) is 1.59. The van der Waals surface area contributed by atoms with Crippen LogP contribution in [0.15, 0.2) is 10.5 Å². The van der Waals surface area contributed by atoms with Gasteiger partial charge in [0.1, 0.15) is 0 Å². The highest BCUT2D eigenvalue weighted by Crippen LogP contribution is 2.09. The minimum absolute atomic E-state index is 0.211. The summed E-state index contributed by atoms with van der Waals surface area (Å²) < 4.78 is 0. The first-order chi connectivity index (χ1) is 5.65. The van der Waals surface area contributed by atoms with E-state index in [2.05, 4.69) is 10.1 Å². The van der Waals surface area contributed by atoms with Gasteiger partial charge in [0.25, 0.3) is 0 Å². The maximum Gasteiger partial charge on any atom is 0.361 e. The van der Waals surface area contributed by atoms with E-state index in [1.165, 1.54) is 0 Å². The van der Waals surface area contributed by atoms with Gasteiger partial charge in [0.15, 0.2) is 5.01 Å². The number of carbonyl (C=O) groups is 1. The first-order valence-electron chi connectivity index (χ1n) is 3.03. The Balaban J connectivity index is 3.04. The fourth-order valence-electron chi connectivity index (χ4n) is 0.640. The number of oxime groups is 1. The molecule has 1 aromatic heterocycles.